The molecule has 0 aliphatic carbocycles. The van der Waals surface area contributed by atoms with Crippen molar-refractivity contribution in [3.63, 3.8) is 0 Å². The molecule has 2 aromatic rings. The molecular formula is C12H7Br2NO. The topological polar surface area (TPSA) is 30.0 Å². The molecule has 0 fully saturated rings. The third kappa shape index (κ3) is 2.23. The van der Waals surface area contributed by atoms with Gasteiger partial charge in [-0.25, -0.2) is 0 Å². The van der Waals surface area contributed by atoms with Gasteiger partial charge in [-0.05, 0) is 55.6 Å². The van der Waals surface area contributed by atoms with Gasteiger partial charge in [-0.3, -0.25) is 9.78 Å². The minimum Gasteiger partial charge on any atom is -0.298 e. The molecule has 0 saturated carbocycles. The van der Waals surface area contributed by atoms with Crippen molar-refractivity contribution in [1.29, 1.82) is 0 Å². The van der Waals surface area contributed by atoms with E-state index < -0.39 is 0 Å². The number of carbonyl (C=O) groups excluding carboxylic acids is 1. The van der Waals surface area contributed by atoms with Crippen molar-refractivity contribution in [3.8, 4) is 11.1 Å². The molecule has 80 valence electrons. The van der Waals surface area contributed by atoms with Crippen molar-refractivity contribution in [3.05, 3.63) is 51.2 Å². The highest BCUT2D eigenvalue weighted by molar-refractivity contribution is 9.11. The van der Waals surface area contributed by atoms with Crippen molar-refractivity contribution >= 4 is 38.1 Å². The van der Waals surface area contributed by atoms with Crippen LogP contribution in [0.1, 0.15) is 10.4 Å². The lowest BCUT2D eigenvalue weighted by Crippen LogP contribution is -1.87. The number of aldehydes is 1. The second kappa shape index (κ2) is 4.89. The summed E-state index contributed by atoms with van der Waals surface area (Å²) in [6, 6.07) is 7.67. The number of benzene rings is 1. The Bertz CT molecular complexity index is 503. The molecule has 0 aliphatic heterocycles. The Labute approximate surface area is 110 Å². The predicted octanol–water partition coefficient (Wildman–Crippen LogP) is 4.09. The standard InChI is InChI=1S/C12H7Br2NO/c13-11-4-9(5-12(14)10(11)7-16)8-2-1-3-15-6-8/h1-7H. The first kappa shape index (κ1) is 11.5. The minimum atomic E-state index is 0.618. The van der Waals surface area contributed by atoms with Crippen molar-refractivity contribution in [1.82, 2.24) is 4.98 Å². The average molecular weight is 341 g/mol. The first-order valence-electron chi connectivity index (χ1n) is 4.57. The minimum absolute atomic E-state index is 0.618. The first-order chi connectivity index (χ1) is 7.72. The molecule has 0 spiro atoms. The third-order valence-electron chi connectivity index (χ3n) is 2.19. The Morgan fingerprint density at radius 1 is 1.12 bits per heavy atom. The van der Waals surface area contributed by atoms with Crippen molar-refractivity contribution < 1.29 is 4.79 Å². The number of hydrogen-bond donors (Lipinski definition) is 0. The molecule has 0 aliphatic rings. The van der Waals surface area contributed by atoms with Gasteiger partial charge in [0.25, 0.3) is 0 Å². The van der Waals surface area contributed by atoms with E-state index in [2.05, 4.69) is 36.8 Å². The Morgan fingerprint density at radius 3 is 2.31 bits per heavy atom. The molecule has 1 aromatic carbocycles. The Kier molecular flexibility index (Phi) is 3.51. The van der Waals surface area contributed by atoms with Gasteiger partial charge in [-0.1, -0.05) is 6.07 Å². The van der Waals surface area contributed by atoms with Gasteiger partial charge in [0.1, 0.15) is 0 Å². The van der Waals surface area contributed by atoms with Crippen molar-refractivity contribution in [2.75, 3.05) is 0 Å². The fourth-order valence-corrected chi connectivity index (χ4v) is 2.77. The first-order valence-corrected chi connectivity index (χ1v) is 6.15. The number of hydrogen-bond acceptors (Lipinski definition) is 2. The summed E-state index contributed by atoms with van der Waals surface area (Å²) in [6.07, 6.45) is 4.34. The predicted molar refractivity (Wildman–Crippen MR) is 70.5 cm³/mol. The molecule has 1 aromatic heterocycles. The van der Waals surface area contributed by atoms with E-state index in [1.807, 2.05) is 24.3 Å². The van der Waals surface area contributed by atoms with E-state index in [0.29, 0.717) is 5.56 Å². The molecule has 0 saturated heterocycles. The number of rotatable bonds is 2. The van der Waals surface area contributed by atoms with Crippen LogP contribution in [0.15, 0.2) is 45.6 Å². The van der Waals surface area contributed by atoms with Gasteiger partial charge >= 0.3 is 0 Å². The fraction of sp³-hybridized carbons (Fsp3) is 0. The molecule has 0 bridgehead atoms. The largest absolute Gasteiger partial charge is 0.298 e. The Balaban J connectivity index is 2.57. The van der Waals surface area contributed by atoms with Gasteiger partial charge in [-0.2, -0.15) is 0 Å². The van der Waals surface area contributed by atoms with Gasteiger partial charge < -0.3 is 0 Å². The highest BCUT2D eigenvalue weighted by atomic mass is 79.9. The number of aromatic nitrogens is 1. The summed E-state index contributed by atoms with van der Waals surface area (Å²) in [7, 11) is 0. The van der Waals surface area contributed by atoms with Crippen LogP contribution in [-0.2, 0) is 0 Å². The maximum Gasteiger partial charge on any atom is 0.152 e. The second-order valence-corrected chi connectivity index (χ2v) is 4.92. The van der Waals surface area contributed by atoms with Crippen LogP contribution in [0, 0.1) is 0 Å². The maximum atomic E-state index is 10.8. The van der Waals surface area contributed by atoms with Gasteiger partial charge in [0.2, 0.25) is 0 Å². The SMILES string of the molecule is O=Cc1c(Br)cc(-c2cccnc2)cc1Br. The molecule has 0 N–H and O–H groups in total. The summed E-state index contributed by atoms with van der Waals surface area (Å²) in [4.78, 5) is 14.9. The van der Waals surface area contributed by atoms with Crippen LogP contribution in [0.2, 0.25) is 0 Å². The number of nitrogens with zero attached hydrogens (tertiary/aromatic N) is 1. The second-order valence-electron chi connectivity index (χ2n) is 3.21. The zero-order chi connectivity index (χ0) is 11.5. The summed E-state index contributed by atoms with van der Waals surface area (Å²) in [5.74, 6) is 0. The van der Waals surface area contributed by atoms with Crippen LogP contribution < -0.4 is 0 Å². The molecular weight excluding hydrogens is 334 g/mol. The molecule has 0 atom stereocenters. The van der Waals surface area contributed by atoms with E-state index in [0.717, 1.165) is 26.4 Å². The van der Waals surface area contributed by atoms with Crippen LogP contribution in [0.4, 0.5) is 0 Å². The highest BCUT2D eigenvalue weighted by Crippen LogP contribution is 2.30. The van der Waals surface area contributed by atoms with Gasteiger partial charge in [-0.15, -0.1) is 0 Å². The molecule has 16 heavy (non-hydrogen) atoms. The molecule has 1 heterocycles. The monoisotopic (exact) mass is 339 g/mol. The van der Waals surface area contributed by atoms with Crippen LogP contribution >= 0.6 is 31.9 Å². The highest BCUT2D eigenvalue weighted by Gasteiger charge is 2.07. The summed E-state index contributed by atoms with van der Waals surface area (Å²) in [5, 5.41) is 0. The zero-order valence-electron chi connectivity index (χ0n) is 8.15. The van der Waals surface area contributed by atoms with E-state index in [1.165, 1.54) is 0 Å². The summed E-state index contributed by atoms with van der Waals surface area (Å²) in [5.41, 5.74) is 2.64. The van der Waals surface area contributed by atoms with E-state index in [-0.39, 0.29) is 0 Å². The van der Waals surface area contributed by atoms with E-state index in [4.69, 9.17) is 0 Å². The molecule has 2 nitrogen and oxygen atoms in total. The number of halogens is 2. The summed E-state index contributed by atoms with van der Waals surface area (Å²) >= 11 is 6.75. The third-order valence-corrected chi connectivity index (χ3v) is 3.50. The normalized spacial score (nSPS) is 10.1. The smallest absolute Gasteiger partial charge is 0.152 e. The molecule has 4 heteroatoms. The van der Waals surface area contributed by atoms with E-state index in [1.54, 1.807) is 12.4 Å². The van der Waals surface area contributed by atoms with E-state index in [9.17, 15) is 4.79 Å². The number of carbonyl (C=O) groups is 1. The van der Waals surface area contributed by atoms with Gasteiger partial charge in [0.15, 0.2) is 6.29 Å². The van der Waals surface area contributed by atoms with Crippen LogP contribution in [-0.4, -0.2) is 11.3 Å². The molecule has 0 amide bonds. The van der Waals surface area contributed by atoms with Crippen molar-refractivity contribution in [2.45, 2.75) is 0 Å². The summed E-state index contributed by atoms with van der Waals surface area (Å²) in [6.45, 7) is 0. The lowest BCUT2D eigenvalue weighted by molar-refractivity contribution is 0.112. The van der Waals surface area contributed by atoms with Gasteiger partial charge in [0.05, 0.1) is 0 Å². The molecule has 2 rings (SSSR count). The van der Waals surface area contributed by atoms with Gasteiger partial charge in [0, 0.05) is 32.5 Å². The molecule has 0 radical (unpaired) electrons. The Hall–Kier alpha value is -1.00. The Morgan fingerprint density at radius 2 is 1.81 bits per heavy atom. The van der Waals surface area contributed by atoms with E-state index >= 15 is 0 Å². The zero-order valence-corrected chi connectivity index (χ0v) is 11.3. The lowest BCUT2D eigenvalue weighted by Gasteiger charge is -2.05. The quantitative estimate of drug-likeness (QED) is 0.771. The van der Waals surface area contributed by atoms with Crippen LogP contribution in [0.5, 0.6) is 0 Å². The summed E-state index contributed by atoms with van der Waals surface area (Å²) < 4.78 is 1.55. The average Bonchev–Trinajstić information content (AvgIpc) is 2.30. The number of pyridine rings is 1. The van der Waals surface area contributed by atoms with Crippen LogP contribution in [0.25, 0.3) is 11.1 Å². The van der Waals surface area contributed by atoms with Crippen molar-refractivity contribution in [2.24, 2.45) is 0 Å². The maximum absolute atomic E-state index is 10.8. The molecule has 0 unspecified atom stereocenters. The van der Waals surface area contributed by atoms with Crippen LogP contribution in [0.3, 0.4) is 0 Å². The fourth-order valence-electron chi connectivity index (χ4n) is 1.40. The lowest BCUT2D eigenvalue weighted by atomic mass is 10.1.